The van der Waals surface area contributed by atoms with Gasteiger partial charge in [-0.2, -0.15) is 0 Å². The topological polar surface area (TPSA) is 41.7 Å². The van der Waals surface area contributed by atoms with Crippen LogP contribution in [0, 0.1) is 13.8 Å². The van der Waals surface area contributed by atoms with E-state index in [0.717, 1.165) is 38.5 Å². The van der Waals surface area contributed by atoms with Crippen LogP contribution in [0.2, 0.25) is 0 Å². The minimum Gasteiger partial charge on any atom is -0.496 e. The monoisotopic (exact) mass is 277 g/mol. The molecule has 1 fully saturated rings. The fourth-order valence-corrected chi connectivity index (χ4v) is 2.85. The van der Waals surface area contributed by atoms with Crippen molar-refractivity contribution in [2.45, 2.75) is 19.9 Å². The van der Waals surface area contributed by atoms with Gasteiger partial charge in [0, 0.05) is 38.8 Å². The first-order valence-corrected chi connectivity index (χ1v) is 7.33. The van der Waals surface area contributed by atoms with Gasteiger partial charge in [0.1, 0.15) is 5.75 Å². The third-order valence-corrected chi connectivity index (χ3v) is 4.45. The molecule has 1 aromatic rings. The zero-order valence-corrected chi connectivity index (χ0v) is 13.1. The fraction of sp³-hybridized carbons (Fsp3) is 0.625. The van der Waals surface area contributed by atoms with E-state index in [4.69, 9.17) is 10.5 Å². The Kier molecular flexibility index (Phi) is 5.02. The summed E-state index contributed by atoms with van der Waals surface area (Å²) in [5.74, 6) is 0.943. The molecule has 1 heterocycles. The summed E-state index contributed by atoms with van der Waals surface area (Å²) < 4.78 is 5.37. The lowest BCUT2D eigenvalue weighted by Crippen LogP contribution is -2.46. The van der Waals surface area contributed by atoms with Crippen molar-refractivity contribution in [1.29, 1.82) is 0 Å². The molecule has 1 atom stereocenters. The van der Waals surface area contributed by atoms with Gasteiger partial charge in [0.05, 0.1) is 7.11 Å². The molecule has 112 valence electrons. The number of hydrogen-bond acceptors (Lipinski definition) is 4. The molecule has 1 unspecified atom stereocenters. The summed E-state index contributed by atoms with van der Waals surface area (Å²) in [5, 5.41) is 0. The Balaban J connectivity index is 2.06. The average molecular weight is 277 g/mol. The number of methoxy groups -OCH3 is 1. The summed E-state index contributed by atoms with van der Waals surface area (Å²) in [4.78, 5) is 4.83. The van der Waals surface area contributed by atoms with Crippen LogP contribution in [0.15, 0.2) is 12.1 Å². The molecule has 0 radical (unpaired) electrons. The van der Waals surface area contributed by atoms with Crippen LogP contribution in [-0.2, 0) is 0 Å². The van der Waals surface area contributed by atoms with E-state index in [1.165, 1.54) is 16.7 Å². The highest BCUT2D eigenvalue weighted by molar-refractivity contribution is 5.44. The highest BCUT2D eigenvalue weighted by atomic mass is 16.5. The Bertz CT molecular complexity index is 453. The van der Waals surface area contributed by atoms with Crippen LogP contribution in [0.5, 0.6) is 5.75 Å². The maximum Gasteiger partial charge on any atom is 0.122 e. The molecule has 1 saturated heterocycles. The molecule has 0 amide bonds. The molecule has 1 aliphatic heterocycles. The second kappa shape index (κ2) is 6.57. The van der Waals surface area contributed by atoms with E-state index in [1.54, 1.807) is 7.11 Å². The quantitative estimate of drug-likeness (QED) is 0.907. The number of rotatable bonds is 4. The van der Waals surface area contributed by atoms with Gasteiger partial charge >= 0.3 is 0 Å². The van der Waals surface area contributed by atoms with Crippen molar-refractivity contribution in [1.82, 2.24) is 9.80 Å². The van der Waals surface area contributed by atoms with E-state index >= 15 is 0 Å². The predicted octanol–water partition coefficient (Wildman–Crippen LogP) is 1.56. The van der Waals surface area contributed by atoms with Crippen LogP contribution in [0.1, 0.15) is 22.7 Å². The third-order valence-electron chi connectivity index (χ3n) is 4.45. The molecular weight excluding hydrogens is 250 g/mol. The molecule has 20 heavy (non-hydrogen) atoms. The van der Waals surface area contributed by atoms with Crippen molar-refractivity contribution in [3.63, 3.8) is 0 Å². The van der Waals surface area contributed by atoms with Gasteiger partial charge in [-0.3, -0.25) is 4.90 Å². The summed E-state index contributed by atoms with van der Waals surface area (Å²) in [6.45, 7) is 9.65. The Labute approximate surface area is 122 Å². The summed E-state index contributed by atoms with van der Waals surface area (Å²) in [6.07, 6.45) is 0. The summed E-state index contributed by atoms with van der Waals surface area (Å²) in [7, 11) is 3.89. The van der Waals surface area contributed by atoms with Gasteiger partial charge in [0.2, 0.25) is 0 Å². The number of nitrogens with two attached hydrogens (primary N) is 1. The molecule has 4 nitrogen and oxygen atoms in total. The van der Waals surface area contributed by atoms with Gasteiger partial charge in [-0.05, 0) is 43.7 Å². The molecular formula is C16H27N3O. The molecule has 1 aliphatic rings. The standard InChI is InChI=1S/C16H27N3O/c1-12-13(2)16(20-4)6-5-14(12)15(17)11-19-9-7-18(3)8-10-19/h5-6,15H,7-11,17H2,1-4H3. The molecule has 0 bridgehead atoms. The minimum atomic E-state index is 0.0722. The second-order valence-corrected chi connectivity index (χ2v) is 5.82. The van der Waals surface area contributed by atoms with Crippen LogP contribution in [0.4, 0.5) is 0 Å². The van der Waals surface area contributed by atoms with E-state index in [-0.39, 0.29) is 6.04 Å². The van der Waals surface area contributed by atoms with Gasteiger partial charge in [-0.15, -0.1) is 0 Å². The SMILES string of the molecule is COc1ccc(C(N)CN2CCN(C)CC2)c(C)c1C. The Morgan fingerprint density at radius 2 is 1.80 bits per heavy atom. The largest absolute Gasteiger partial charge is 0.496 e. The zero-order chi connectivity index (χ0) is 14.7. The van der Waals surface area contributed by atoms with Gasteiger partial charge in [0.15, 0.2) is 0 Å². The second-order valence-electron chi connectivity index (χ2n) is 5.82. The maximum atomic E-state index is 6.43. The lowest BCUT2D eigenvalue weighted by atomic mass is 9.96. The number of ether oxygens (including phenoxy) is 1. The van der Waals surface area contributed by atoms with Crippen LogP contribution < -0.4 is 10.5 Å². The number of nitrogens with zero attached hydrogens (tertiary/aromatic N) is 2. The Morgan fingerprint density at radius 3 is 2.40 bits per heavy atom. The van der Waals surface area contributed by atoms with Crippen molar-refractivity contribution in [3.05, 3.63) is 28.8 Å². The highest BCUT2D eigenvalue weighted by Crippen LogP contribution is 2.27. The van der Waals surface area contributed by atoms with Crippen molar-refractivity contribution in [2.24, 2.45) is 5.73 Å². The number of hydrogen-bond donors (Lipinski definition) is 1. The predicted molar refractivity (Wildman–Crippen MR) is 83.3 cm³/mol. The van der Waals surface area contributed by atoms with E-state index in [0.29, 0.717) is 0 Å². The van der Waals surface area contributed by atoms with E-state index in [1.807, 2.05) is 6.07 Å². The van der Waals surface area contributed by atoms with Crippen LogP contribution in [0.25, 0.3) is 0 Å². The number of benzene rings is 1. The van der Waals surface area contributed by atoms with Crippen molar-refractivity contribution < 1.29 is 4.74 Å². The minimum absolute atomic E-state index is 0.0722. The Morgan fingerprint density at radius 1 is 1.15 bits per heavy atom. The lowest BCUT2D eigenvalue weighted by molar-refractivity contribution is 0.147. The Hall–Kier alpha value is -1.10. The van der Waals surface area contributed by atoms with Gasteiger partial charge in [-0.25, -0.2) is 0 Å². The molecule has 0 saturated carbocycles. The first-order valence-electron chi connectivity index (χ1n) is 7.33. The highest BCUT2D eigenvalue weighted by Gasteiger charge is 2.19. The smallest absolute Gasteiger partial charge is 0.122 e. The molecule has 1 aromatic carbocycles. The molecule has 2 rings (SSSR count). The molecule has 0 aromatic heterocycles. The summed E-state index contributed by atoms with van der Waals surface area (Å²) in [5.41, 5.74) is 10.1. The number of piperazine rings is 1. The molecule has 2 N–H and O–H groups in total. The summed E-state index contributed by atoms with van der Waals surface area (Å²) in [6, 6.07) is 4.21. The average Bonchev–Trinajstić information content (AvgIpc) is 2.44. The van der Waals surface area contributed by atoms with Crippen molar-refractivity contribution in [2.75, 3.05) is 46.9 Å². The first kappa shape index (κ1) is 15.3. The van der Waals surface area contributed by atoms with Gasteiger partial charge < -0.3 is 15.4 Å². The van der Waals surface area contributed by atoms with Crippen molar-refractivity contribution >= 4 is 0 Å². The fourth-order valence-electron chi connectivity index (χ4n) is 2.85. The molecule has 4 heteroatoms. The third kappa shape index (κ3) is 3.32. The van der Waals surface area contributed by atoms with Crippen LogP contribution in [-0.4, -0.2) is 56.7 Å². The van der Waals surface area contributed by atoms with E-state index in [9.17, 15) is 0 Å². The van der Waals surface area contributed by atoms with E-state index < -0.39 is 0 Å². The maximum absolute atomic E-state index is 6.43. The van der Waals surface area contributed by atoms with Crippen molar-refractivity contribution in [3.8, 4) is 5.75 Å². The normalized spacial score (nSPS) is 19.1. The summed E-state index contributed by atoms with van der Waals surface area (Å²) >= 11 is 0. The van der Waals surface area contributed by atoms with Gasteiger partial charge in [-0.1, -0.05) is 6.07 Å². The molecule has 0 spiro atoms. The zero-order valence-electron chi connectivity index (χ0n) is 13.1. The van der Waals surface area contributed by atoms with E-state index in [2.05, 4.69) is 36.8 Å². The first-order chi connectivity index (χ1) is 9.52. The van der Waals surface area contributed by atoms with Crippen LogP contribution in [0.3, 0.4) is 0 Å². The number of likely N-dealkylation sites (N-methyl/N-ethyl adjacent to an activating group) is 1. The van der Waals surface area contributed by atoms with Crippen LogP contribution >= 0.6 is 0 Å². The lowest BCUT2D eigenvalue weighted by Gasteiger charge is -2.34. The molecule has 0 aliphatic carbocycles. The van der Waals surface area contributed by atoms with Gasteiger partial charge in [0.25, 0.3) is 0 Å².